The summed E-state index contributed by atoms with van der Waals surface area (Å²) in [7, 11) is 1.86. The lowest BCUT2D eigenvalue weighted by atomic mass is 10.0. The summed E-state index contributed by atoms with van der Waals surface area (Å²) in [5.74, 6) is 1.44. The van der Waals surface area contributed by atoms with Crippen molar-refractivity contribution >= 4 is 0 Å². The molecule has 0 saturated heterocycles. The molecule has 0 aliphatic rings. The van der Waals surface area contributed by atoms with Crippen LogP contribution in [0.5, 0.6) is 0 Å². The van der Waals surface area contributed by atoms with E-state index in [1.54, 1.807) is 10.9 Å². The Morgan fingerprint density at radius 1 is 1.42 bits per heavy atom. The van der Waals surface area contributed by atoms with E-state index in [0.29, 0.717) is 17.8 Å². The highest BCUT2D eigenvalue weighted by molar-refractivity contribution is 5.51. The fraction of sp³-hybridized carbons (Fsp3) is 0.615. The Balaban J connectivity index is 2.08. The minimum Gasteiger partial charge on any atom is -0.339 e. The smallest absolute Gasteiger partial charge is 0.231 e. The van der Waals surface area contributed by atoms with E-state index in [1.807, 2.05) is 13.2 Å². The average molecular weight is 263 g/mol. The molecule has 19 heavy (non-hydrogen) atoms. The third-order valence-corrected chi connectivity index (χ3v) is 3.26. The van der Waals surface area contributed by atoms with Crippen LogP contribution in [0.2, 0.25) is 0 Å². The lowest BCUT2D eigenvalue weighted by Crippen LogP contribution is -2.31. The highest BCUT2D eigenvalue weighted by Gasteiger charge is 2.20. The van der Waals surface area contributed by atoms with Crippen LogP contribution in [0, 0.1) is 0 Å². The van der Waals surface area contributed by atoms with Gasteiger partial charge in [0.05, 0.1) is 17.7 Å². The summed E-state index contributed by atoms with van der Waals surface area (Å²) in [6.07, 6.45) is 4.72. The second kappa shape index (κ2) is 5.97. The minimum absolute atomic E-state index is 0.185. The van der Waals surface area contributed by atoms with Crippen molar-refractivity contribution in [3.8, 4) is 11.4 Å². The largest absolute Gasteiger partial charge is 0.339 e. The Bertz CT molecular complexity index is 519. The first-order valence-corrected chi connectivity index (χ1v) is 6.67. The van der Waals surface area contributed by atoms with Gasteiger partial charge in [-0.3, -0.25) is 4.68 Å². The highest BCUT2D eigenvalue weighted by atomic mass is 16.5. The number of aryl methyl sites for hydroxylation is 1. The van der Waals surface area contributed by atoms with Crippen LogP contribution in [-0.4, -0.2) is 32.5 Å². The van der Waals surface area contributed by atoms with Gasteiger partial charge in [-0.1, -0.05) is 19.0 Å². The van der Waals surface area contributed by atoms with Crippen molar-refractivity contribution < 1.29 is 4.52 Å². The molecule has 2 atom stereocenters. The summed E-state index contributed by atoms with van der Waals surface area (Å²) in [5, 5.41) is 11.6. The highest BCUT2D eigenvalue weighted by Crippen LogP contribution is 2.21. The quantitative estimate of drug-likeness (QED) is 0.862. The second-order valence-electron chi connectivity index (χ2n) is 4.89. The number of nitrogens with one attached hydrogen (secondary N) is 1. The molecule has 6 nitrogen and oxygen atoms in total. The van der Waals surface area contributed by atoms with Crippen LogP contribution in [-0.2, 0) is 7.05 Å². The van der Waals surface area contributed by atoms with E-state index in [-0.39, 0.29) is 5.92 Å². The molecule has 2 unspecified atom stereocenters. The molecule has 0 saturated carbocycles. The number of hydrogen-bond donors (Lipinski definition) is 1. The molecule has 2 heterocycles. The molecule has 0 aromatic carbocycles. The summed E-state index contributed by atoms with van der Waals surface area (Å²) < 4.78 is 7.08. The summed E-state index contributed by atoms with van der Waals surface area (Å²) >= 11 is 0. The molecule has 0 radical (unpaired) electrons. The van der Waals surface area contributed by atoms with E-state index in [1.165, 1.54) is 0 Å². The van der Waals surface area contributed by atoms with E-state index >= 15 is 0 Å². The van der Waals surface area contributed by atoms with Crippen LogP contribution in [0.4, 0.5) is 0 Å². The zero-order valence-corrected chi connectivity index (χ0v) is 11.9. The molecule has 2 aromatic heterocycles. The fourth-order valence-electron chi connectivity index (χ4n) is 1.84. The van der Waals surface area contributed by atoms with E-state index in [4.69, 9.17) is 4.52 Å². The molecule has 0 spiro atoms. The topological polar surface area (TPSA) is 68.8 Å². The monoisotopic (exact) mass is 263 g/mol. The summed E-state index contributed by atoms with van der Waals surface area (Å²) in [4.78, 5) is 4.45. The number of nitrogens with zero attached hydrogens (tertiary/aromatic N) is 4. The maximum Gasteiger partial charge on any atom is 0.231 e. The van der Waals surface area contributed by atoms with Gasteiger partial charge in [0.2, 0.25) is 11.7 Å². The van der Waals surface area contributed by atoms with Crippen molar-refractivity contribution in [3.63, 3.8) is 0 Å². The van der Waals surface area contributed by atoms with Crippen molar-refractivity contribution in [1.29, 1.82) is 0 Å². The standard InChI is InChI=1S/C13H21N5O/c1-5-6-14-10(3)9(2)13-16-12(17-19-13)11-7-15-18(4)8-11/h7-10,14H,5-6H2,1-4H3. The Labute approximate surface area is 113 Å². The molecule has 0 bridgehead atoms. The number of hydrogen-bond acceptors (Lipinski definition) is 5. The van der Waals surface area contributed by atoms with E-state index in [2.05, 4.69) is 41.3 Å². The maximum absolute atomic E-state index is 5.35. The van der Waals surface area contributed by atoms with Crippen LogP contribution in [0.25, 0.3) is 11.4 Å². The molecule has 1 N–H and O–H groups in total. The summed E-state index contributed by atoms with van der Waals surface area (Å²) in [5.41, 5.74) is 0.874. The molecular formula is C13H21N5O. The molecule has 2 rings (SSSR count). The molecule has 6 heteroatoms. The lowest BCUT2D eigenvalue weighted by Gasteiger charge is -2.17. The zero-order valence-electron chi connectivity index (χ0n) is 11.9. The van der Waals surface area contributed by atoms with Gasteiger partial charge < -0.3 is 9.84 Å². The third-order valence-electron chi connectivity index (χ3n) is 3.26. The fourth-order valence-corrected chi connectivity index (χ4v) is 1.84. The van der Waals surface area contributed by atoms with Gasteiger partial charge in [0, 0.05) is 19.3 Å². The van der Waals surface area contributed by atoms with Crippen LogP contribution in [0.1, 0.15) is 39.0 Å². The Hall–Kier alpha value is -1.69. The van der Waals surface area contributed by atoms with E-state index in [9.17, 15) is 0 Å². The molecular weight excluding hydrogens is 242 g/mol. The second-order valence-corrected chi connectivity index (χ2v) is 4.89. The predicted molar refractivity (Wildman–Crippen MR) is 72.7 cm³/mol. The first-order chi connectivity index (χ1) is 9.11. The molecule has 0 aliphatic heterocycles. The normalized spacial score (nSPS) is 14.5. The van der Waals surface area contributed by atoms with Crippen molar-refractivity contribution in [2.75, 3.05) is 6.54 Å². The molecule has 104 valence electrons. The Morgan fingerprint density at radius 2 is 2.21 bits per heavy atom. The average Bonchev–Trinajstić information content (AvgIpc) is 3.03. The first kappa shape index (κ1) is 13.7. The third kappa shape index (κ3) is 3.20. The van der Waals surface area contributed by atoms with Gasteiger partial charge in [0.1, 0.15) is 0 Å². The van der Waals surface area contributed by atoms with Gasteiger partial charge >= 0.3 is 0 Å². The maximum atomic E-state index is 5.35. The Kier molecular flexibility index (Phi) is 4.31. The number of rotatable bonds is 6. The predicted octanol–water partition coefficient (Wildman–Crippen LogP) is 1.96. The van der Waals surface area contributed by atoms with Crippen LogP contribution in [0.15, 0.2) is 16.9 Å². The van der Waals surface area contributed by atoms with Crippen molar-refractivity contribution in [2.24, 2.45) is 7.05 Å². The van der Waals surface area contributed by atoms with Crippen LogP contribution in [0.3, 0.4) is 0 Å². The van der Waals surface area contributed by atoms with Gasteiger partial charge in [-0.15, -0.1) is 0 Å². The van der Waals surface area contributed by atoms with E-state index in [0.717, 1.165) is 18.5 Å². The van der Waals surface area contributed by atoms with Crippen molar-refractivity contribution in [2.45, 2.75) is 39.2 Å². The van der Waals surface area contributed by atoms with E-state index < -0.39 is 0 Å². The number of aromatic nitrogens is 4. The van der Waals surface area contributed by atoms with Crippen LogP contribution >= 0.6 is 0 Å². The lowest BCUT2D eigenvalue weighted by molar-refractivity contribution is 0.331. The summed E-state index contributed by atoms with van der Waals surface area (Å²) in [6.45, 7) is 7.37. The van der Waals surface area contributed by atoms with Gasteiger partial charge in [0.25, 0.3) is 0 Å². The summed E-state index contributed by atoms with van der Waals surface area (Å²) in [6, 6.07) is 0.308. The van der Waals surface area contributed by atoms with Crippen molar-refractivity contribution in [3.05, 3.63) is 18.3 Å². The minimum atomic E-state index is 0.185. The molecule has 0 amide bonds. The molecule has 0 fully saturated rings. The Morgan fingerprint density at radius 3 is 2.84 bits per heavy atom. The van der Waals surface area contributed by atoms with Crippen LogP contribution < -0.4 is 5.32 Å². The zero-order chi connectivity index (χ0) is 13.8. The SMILES string of the molecule is CCCNC(C)C(C)c1nc(-c2cnn(C)c2)no1. The van der Waals surface area contributed by atoms with Gasteiger partial charge in [-0.05, 0) is 19.9 Å². The van der Waals surface area contributed by atoms with Gasteiger partial charge in [0.15, 0.2) is 0 Å². The van der Waals surface area contributed by atoms with Gasteiger partial charge in [-0.2, -0.15) is 10.1 Å². The molecule has 0 aliphatic carbocycles. The first-order valence-electron chi connectivity index (χ1n) is 6.67. The van der Waals surface area contributed by atoms with Gasteiger partial charge in [-0.25, -0.2) is 0 Å². The van der Waals surface area contributed by atoms with Crippen molar-refractivity contribution in [1.82, 2.24) is 25.2 Å². The molecule has 2 aromatic rings.